The summed E-state index contributed by atoms with van der Waals surface area (Å²) in [5.41, 5.74) is 8.15. The van der Waals surface area contributed by atoms with Gasteiger partial charge in [0.2, 0.25) is 11.9 Å². The van der Waals surface area contributed by atoms with Crippen LogP contribution in [0.2, 0.25) is 0 Å². The van der Waals surface area contributed by atoms with Crippen molar-refractivity contribution in [3.63, 3.8) is 0 Å². The van der Waals surface area contributed by atoms with Crippen molar-refractivity contribution in [1.29, 1.82) is 0 Å². The van der Waals surface area contributed by atoms with Crippen LogP contribution < -0.4 is 15.8 Å². The van der Waals surface area contributed by atoms with Crippen molar-refractivity contribution in [2.45, 2.75) is 57.9 Å². The summed E-state index contributed by atoms with van der Waals surface area (Å²) in [7, 11) is 1.56. The molecule has 1 saturated carbocycles. The lowest BCUT2D eigenvalue weighted by atomic mass is 9.80. The van der Waals surface area contributed by atoms with E-state index in [0.717, 1.165) is 36.8 Å². The van der Waals surface area contributed by atoms with Crippen molar-refractivity contribution in [3.05, 3.63) is 53.6 Å². The molecule has 0 aliphatic heterocycles. The summed E-state index contributed by atoms with van der Waals surface area (Å²) in [5.74, 6) is 0.389. The number of nitrogens with zero attached hydrogens (tertiary/aromatic N) is 2. The van der Waals surface area contributed by atoms with Crippen LogP contribution in [0.5, 0.6) is 5.75 Å². The molecule has 0 bridgehead atoms. The van der Waals surface area contributed by atoms with Gasteiger partial charge in [-0.1, -0.05) is 32.3 Å². The average Bonchev–Trinajstić information content (AvgIpc) is 3.22. The molecule has 2 amide bonds. The summed E-state index contributed by atoms with van der Waals surface area (Å²) < 4.78 is 6.93. The summed E-state index contributed by atoms with van der Waals surface area (Å²) in [6.45, 7) is 2.23. The molecular formula is C27H32N4O4. The maximum atomic E-state index is 13.1. The topological polar surface area (TPSA) is 116 Å². The molecule has 1 aliphatic carbocycles. The van der Waals surface area contributed by atoms with Gasteiger partial charge in [0.1, 0.15) is 11.5 Å². The molecule has 1 heterocycles. The van der Waals surface area contributed by atoms with Crippen LogP contribution in [0.1, 0.15) is 67.3 Å². The van der Waals surface area contributed by atoms with Gasteiger partial charge < -0.3 is 15.0 Å². The van der Waals surface area contributed by atoms with E-state index < -0.39 is 5.91 Å². The number of nitrogens with one attached hydrogen (secondary N) is 1. The second-order valence-electron chi connectivity index (χ2n) is 9.19. The summed E-state index contributed by atoms with van der Waals surface area (Å²) in [4.78, 5) is 42.1. The molecule has 35 heavy (non-hydrogen) atoms. The second kappa shape index (κ2) is 10.7. The minimum atomic E-state index is -0.442. The number of primary amides is 1. The molecule has 1 aromatic heterocycles. The summed E-state index contributed by atoms with van der Waals surface area (Å²) in [6.07, 6.45) is 5.48. The van der Waals surface area contributed by atoms with E-state index in [9.17, 15) is 14.4 Å². The number of carbonyl (C=O) groups excluding carboxylic acids is 3. The highest BCUT2D eigenvalue weighted by atomic mass is 16.5. The van der Waals surface area contributed by atoms with Crippen molar-refractivity contribution in [2.75, 3.05) is 12.4 Å². The molecule has 1 aliphatic rings. The Labute approximate surface area is 204 Å². The number of hydrogen-bond donors (Lipinski definition) is 2. The van der Waals surface area contributed by atoms with Crippen molar-refractivity contribution in [1.82, 2.24) is 9.55 Å². The third-order valence-corrected chi connectivity index (χ3v) is 6.87. The molecule has 1 atom stereocenters. The van der Waals surface area contributed by atoms with Crippen LogP contribution in [-0.2, 0) is 16.1 Å². The van der Waals surface area contributed by atoms with Gasteiger partial charge in [0.25, 0.3) is 5.91 Å². The number of Topliss-reactive ketones (excluding diaryl/α,β-unsaturated/α-hetero) is 1. The monoisotopic (exact) mass is 476 g/mol. The van der Waals surface area contributed by atoms with Crippen LogP contribution in [0.4, 0.5) is 5.95 Å². The Balaban J connectivity index is 1.62. The van der Waals surface area contributed by atoms with Crippen LogP contribution in [0.3, 0.4) is 0 Å². The number of nitrogens with two attached hydrogens (primary N) is 1. The maximum Gasteiger partial charge on any atom is 0.257 e. The minimum Gasteiger partial charge on any atom is -0.497 e. The van der Waals surface area contributed by atoms with E-state index in [1.165, 1.54) is 6.42 Å². The standard InChI is InChI=1S/C27H32N4O4/c1-17(25(33)18-6-4-3-5-7-18)20-10-13-23-22(16-20)29-27(31(23)15-14-24(28)32)30-26(34)19-8-11-21(35-2)12-9-19/h8-13,16-18H,3-7,14-15H2,1-2H3,(H2,28,32)(H,29,30,34). The number of hydrogen-bond acceptors (Lipinski definition) is 5. The normalized spacial score (nSPS) is 15.0. The molecule has 1 fully saturated rings. The predicted octanol–water partition coefficient (Wildman–Crippen LogP) is 4.43. The summed E-state index contributed by atoms with van der Waals surface area (Å²) in [5, 5.41) is 2.85. The fourth-order valence-electron chi connectivity index (χ4n) is 4.78. The van der Waals surface area contributed by atoms with Crippen LogP contribution in [0.15, 0.2) is 42.5 Å². The molecule has 0 radical (unpaired) electrons. The van der Waals surface area contributed by atoms with Crippen LogP contribution in [0.25, 0.3) is 11.0 Å². The number of amides is 2. The van der Waals surface area contributed by atoms with Crippen LogP contribution in [-0.4, -0.2) is 34.3 Å². The zero-order valence-electron chi connectivity index (χ0n) is 20.3. The third-order valence-electron chi connectivity index (χ3n) is 6.87. The van der Waals surface area contributed by atoms with Crippen LogP contribution in [0, 0.1) is 5.92 Å². The van der Waals surface area contributed by atoms with Gasteiger partial charge in [-0.2, -0.15) is 0 Å². The lowest BCUT2D eigenvalue weighted by Gasteiger charge is -2.23. The smallest absolute Gasteiger partial charge is 0.257 e. The quantitative estimate of drug-likeness (QED) is 0.474. The van der Waals surface area contributed by atoms with Crippen molar-refractivity contribution in [2.24, 2.45) is 11.7 Å². The first kappa shape index (κ1) is 24.4. The van der Waals surface area contributed by atoms with E-state index in [-0.39, 0.29) is 36.5 Å². The van der Waals surface area contributed by atoms with E-state index >= 15 is 0 Å². The largest absolute Gasteiger partial charge is 0.497 e. The molecule has 3 N–H and O–H groups in total. The van der Waals surface area contributed by atoms with Gasteiger partial charge in [-0.15, -0.1) is 0 Å². The molecule has 8 nitrogen and oxygen atoms in total. The van der Waals surface area contributed by atoms with Gasteiger partial charge in [-0.05, 0) is 54.8 Å². The number of ether oxygens (including phenoxy) is 1. The van der Waals surface area contributed by atoms with Gasteiger partial charge in [-0.25, -0.2) is 4.98 Å². The minimum absolute atomic E-state index is 0.106. The predicted molar refractivity (Wildman–Crippen MR) is 134 cm³/mol. The Morgan fingerprint density at radius 1 is 1.11 bits per heavy atom. The number of ketones is 1. The summed E-state index contributed by atoms with van der Waals surface area (Å²) >= 11 is 0. The average molecular weight is 477 g/mol. The highest BCUT2D eigenvalue weighted by molar-refractivity contribution is 6.04. The molecule has 3 aromatic rings. The van der Waals surface area contributed by atoms with Gasteiger partial charge in [0, 0.05) is 30.4 Å². The van der Waals surface area contributed by atoms with Crippen molar-refractivity contribution < 1.29 is 19.1 Å². The first-order valence-electron chi connectivity index (χ1n) is 12.1. The third kappa shape index (κ3) is 5.53. The van der Waals surface area contributed by atoms with Crippen molar-refractivity contribution >= 4 is 34.6 Å². The van der Waals surface area contributed by atoms with E-state index in [1.807, 2.05) is 25.1 Å². The van der Waals surface area contributed by atoms with Crippen molar-refractivity contribution in [3.8, 4) is 5.75 Å². The SMILES string of the molecule is COc1ccc(C(=O)Nc2nc3cc(C(C)C(=O)C4CCCCC4)ccc3n2CCC(N)=O)cc1. The Hall–Kier alpha value is -3.68. The number of fused-ring (bicyclic) bond motifs is 1. The molecule has 184 valence electrons. The van der Waals surface area contributed by atoms with Gasteiger partial charge in [-0.3, -0.25) is 19.7 Å². The van der Waals surface area contributed by atoms with E-state index in [0.29, 0.717) is 22.8 Å². The molecule has 0 spiro atoms. The fourth-order valence-corrected chi connectivity index (χ4v) is 4.78. The molecule has 0 saturated heterocycles. The Kier molecular flexibility index (Phi) is 7.48. The number of rotatable bonds is 9. The number of benzene rings is 2. The molecule has 4 rings (SSSR count). The Morgan fingerprint density at radius 2 is 1.83 bits per heavy atom. The number of aromatic nitrogens is 2. The lowest BCUT2D eigenvalue weighted by Crippen LogP contribution is -2.22. The maximum absolute atomic E-state index is 13.1. The summed E-state index contributed by atoms with van der Waals surface area (Å²) in [6, 6.07) is 12.5. The highest BCUT2D eigenvalue weighted by Gasteiger charge is 2.27. The number of carbonyl (C=O) groups is 3. The second-order valence-corrected chi connectivity index (χ2v) is 9.19. The van der Waals surface area contributed by atoms with Gasteiger partial charge in [0.15, 0.2) is 0 Å². The van der Waals surface area contributed by atoms with E-state index in [4.69, 9.17) is 10.5 Å². The number of methoxy groups -OCH3 is 1. The zero-order valence-corrected chi connectivity index (χ0v) is 20.3. The number of imidazole rings is 1. The highest BCUT2D eigenvalue weighted by Crippen LogP contribution is 2.32. The van der Waals surface area contributed by atoms with E-state index in [1.54, 1.807) is 35.9 Å². The van der Waals surface area contributed by atoms with Gasteiger partial charge in [0.05, 0.1) is 18.1 Å². The first-order valence-corrected chi connectivity index (χ1v) is 12.1. The van der Waals surface area contributed by atoms with E-state index in [2.05, 4.69) is 10.3 Å². The molecule has 8 heteroatoms. The molecule has 1 unspecified atom stereocenters. The number of aryl methyl sites for hydroxylation is 1. The van der Waals surface area contributed by atoms with Gasteiger partial charge >= 0.3 is 0 Å². The Bertz CT molecular complexity index is 1230. The molecular weight excluding hydrogens is 444 g/mol. The first-order chi connectivity index (χ1) is 16.9. The fraction of sp³-hybridized carbons (Fsp3) is 0.407. The molecule has 2 aromatic carbocycles. The lowest BCUT2D eigenvalue weighted by molar-refractivity contribution is -0.125. The van der Waals surface area contributed by atoms with Crippen LogP contribution >= 0.6 is 0 Å². The zero-order chi connectivity index (χ0) is 24.9. The Morgan fingerprint density at radius 3 is 2.49 bits per heavy atom. The number of anilines is 1.